The number of allylic oxidation sites excluding steroid dienone is 6. The molecule has 3 aromatic rings. The second-order valence-electron chi connectivity index (χ2n) is 11.1. The Morgan fingerprint density at radius 1 is 0.897 bits per heavy atom. The van der Waals surface area contributed by atoms with Crippen LogP contribution in [0.1, 0.15) is 47.0 Å². The van der Waals surface area contributed by atoms with Crippen LogP contribution in [0, 0.1) is 5.41 Å². The van der Waals surface area contributed by atoms with Crippen molar-refractivity contribution in [3.8, 4) is 0 Å². The summed E-state index contributed by atoms with van der Waals surface area (Å²) < 4.78 is 42.1. The molecule has 0 atom stereocenters. The molecule has 0 radical (unpaired) electrons. The van der Waals surface area contributed by atoms with Crippen LogP contribution in [0.15, 0.2) is 126 Å². The summed E-state index contributed by atoms with van der Waals surface area (Å²) in [4.78, 5) is 0. The van der Waals surface area contributed by atoms with Gasteiger partial charge in [-0.2, -0.15) is 0 Å². The van der Waals surface area contributed by atoms with Gasteiger partial charge < -0.3 is 0 Å². The second kappa shape index (κ2) is 11.3. The Morgan fingerprint density at radius 2 is 1.36 bits per heavy atom. The molecule has 3 aromatic carbocycles. The van der Waals surface area contributed by atoms with Gasteiger partial charge in [0.1, 0.15) is 0 Å². The molecule has 1 aliphatic rings. The molecule has 1 aliphatic carbocycles. The van der Waals surface area contributed by atoms with Crippen molar-refractivity contribution in [1.82, 2.24) is 0 Å². The molecule has 0 fully saturated rings. The Morgan fingerprint density at radius 3 is 1.77 bits per heavy atom. The third-order valence-electron chi connectivity index (χ3n) is 7.98. The summed E-state index contributed by atoms with van der Waals surface area (Å²) in [6.45, 7) is 4.56. The molecule has 6 heteroatoms. The average molecular weight is 563 g/mol. The quantitative estimate of drug-likeness (QED) is 0.169. The van der Waals surface area contributed by atoms with Gasteiger partial charge in [-0.3, -0.25) is 0 Å². The minimum atomic E-state index is -4.88. The van der Waals surface area contributed by atoms with E-state index < -0.39 is 17.2 Å². The van der Waals surface area contributed by atoms with Crippen molar-refractivity contribution in [2.45, 2.75) is 47.0 Å². The van der Waals surface area contributed by atoms with E-state index in [1.54, 1.807) is 0 Å². The standard InChI is InChI=1S/C33H39O4PS/c1-27(22-23-32-28(2)15-14-25-33(32,3)4)24-26-38(37-39(34,35)36,29-16-8-5-9-17-29,30-18-10-6-11-19-30)31-20-12-7-13-21-31/h5-13,16-24H,14-15,25-26H2,1-4H3,(H,34,35,36). The van der Waals surface area contributed by atoms with Crippen molar-refractivity contribution in [2.75, 3.05) is 6.16 Å². The number of hydrogen-bond acceptors (Lipinski definition) is 3. The van der Waals surface area contributed by atoms with E-state index >= 15 is 0 Å². The summed E-state index contributed by atoms with van der Waals surface area (Å²) in [7, 11) is -4.88. The van der Waals surface area contributed by atoms with E-state index in [9.17, 15) is 13.0 Å². The van der Waals surface area contributed by atoms with Crippen molar-refractivity contribution in [1.29, 1.82) is 0 Å². The van der Waals surface area contributed by atoms with Gasteiger partial charge in [-0.15, -0.1) is 0 Å². The van der Waals surface area contributed by atoms with Crippen LogP contribution < -0.4 is 15.9 Å². The van der Waals surface area contributed by atoms with E-state index in [-0.39, 0.29) is 11.6 Å². The van der Waals surface area contributed by atoms with Gasteiger partial charge in [-0.05, 0) is 0 Å². The van der Waals surface area contributed by atoms with Crippen LogP contribution in [-0.2, 0) is 14.4 Å². The molecule has 0 heterocycles. The Bertz CT molecular complexity index is 1390. The van der Waals surface area contributed by atoms with Gasteiger partial charge in [0.2, 0.25) is 0 Å². The van der Waals surface area contributed by atoms with Crippen LogP contribution in [0.3, 0.4) is 0 Å². The first kappa shape index (κ1) is 29.2. The van der Waals surface area contributed by atoms with Crippen LogP contribution in [0.2, 0.25) is 0 Å². The molecule has 0 bridgehead atoms. The van der Waals surface area contributed by atoms with Gasteiger partial charge in [0.05, 0.1) is 0 Å². The fourth-order valence-electron chi connectivity index (χ4n) is 5.97. The molecule has 0 saturated carbocycles. The van der Waals surface area contributed by atoms with Crippen molar-refractivity contribution in [3.63, 3.8) is 0 Å². The molecule has 0 saturated heterocycles. The molecule has 0 aliphatic heterocycles. The van der Waals surface area contributed by atoms with E-state index in [1.807, 2.05) is 97.9 Å². The van der Waals surface area contributed by atoms with Crippen molar-refractivity contribution < 1.29 is 16.9 Å². The fraction of sp³-hybridized carbons (Fsp3) is 0.273. The Labute approximate surface area is 234 Å². The maximum absolute atomic E-state index is 12.8. The molecule has 4 rings (SSSR count). The van der Waals surface area contributed by atoms with Crippen LogP contribution in [-0.4, -0.2) is 19.1 Å². The predicted octanol–water partition coefficient (Wildman–Crippen LogP) is 7.28. The summed E-state index contributed by atoms with van der Waals surface area (Å²) >= 11 is 0. The molecule has 0 unspecified atom stereocenters. The zero-order valence-corrected chi connectivity index (χ0v) is 25.0. The first-order valence-corrected chi connectivity index (χ1v) is 17.1. The van der Waals surface area contributed by atoms with Crippen molar-refractivity contribution in [3.05, 3.63) is 126 Å². The van der Waals surface area contributed by atoms with E-state index in [1.165, 1.54) is 17.6 Å². The van der Waals surface area contributed by atoms with Crippen molar-refractivity contribution >= 4 is 33.1 Å². The summed E-state index contributed by atoms with van der Waals surface area (Å²) in [6, 6.07) is 28.4. The first-order valence-electron chi connectivity index (χ1n) is 13.4. The molecular weight excluding hydrogens is 523 g/mol. The average Bonchev–Trinajstić information content (AvgIpc) is 2.91. The van der Waals surface area contributed by atoms with E-state index in [4.69, 9.17) is 3.97 Å². The first-order chi connectivity index (χ1) is 18.5. The minimum absolute atomic E-state index is 0.116. The molecule has 0 aromatic heterocycles. The molecule has 1 N–H and O–H groups in total. The SMILES string of the molecule is CC(C=CC1=C(C)CCCC1(C)C)=CCP(OS(=O)(=O)O)(c1ccccc1)(c1ccccc1)c1ccccc1. The van der Waals surface area contributed by atoms with Crippen LogP contribution >= 0.6 is 6.83 Å². The van der Waals surface area contributed by atoms with E-state index in [0.29, 0.717) is 0 Å². The van der Waals surface area contributed by atoms with Crippen molar-refractivity contribution in [2.24, 2.45) is 5.41 Å². The Balaban J connectivity index is 1.98. The van der Waals surface area contributed by atoms with E-state index in [0.717, 1.165) is 34.3 Å². The van der Waals surface area contributed by atoms with Crippen LogP contribution in [0.5, 0.6) is 0 Å². The zero-order chi connectivity index (χ0) is 28.2. The van der Waals surface area contributed by atoms with Crippen LogP contribution in [0.25, 0.3) is 0 Å². The predicted molar refractivity (Wildman–Crippen MR) is 166 cm³/mol. The molecule has 206 valence electrons. The zero-order valence-electron chi connectivity index (χ0n) is 23.2. The Kier molecular flexibility index (Phi) is 8.49. The third-order valence-corrected chi connectivity index (χ3v) is 15.1. The van der Waals surface area contributed by atoms with Gasteiger partial charge in [-0.1, -0.05) is 0 Å². The topological polar surface area (TPSA) is 63.6 Å². The Hall–Kier alpha value is -2.82. The maximum atomic E-state index is 12.8. The van der Waals surface area contributed by atoms with Gasteiger partial charge >= 0.3 is 235 Å². The van der Waals surface area contributed by atoms with Gasteiger partial charge in [-0.25, -0.2) is 0 Å². The van der Waals surface area contributed by atoms with Crippen LogP contribution in [0.4, 0.5) is 0 Å². The van der Waals surface area contributed by atoms with E-state index in [2.05, 4.69) is 39.0 Å². The summed E-state index contributed by atoms with van der Waals surface area (Å²) in [6.07, 6.45) is 10.1. The summed E-state index contributed by atoms with van der Waals surface area (Å²) in [5.74, 6) is 0. The van der Waals surface area contributed by atoms with Gasteiger partial charge in [0.25, 0.3) is 0 Å². The number of hydrogen-bond donors (Lipinski definition) is 1. The summed E-state index contributed by atoms with van der Waals surface area (Å²) in [5, 5.41) is 2.16. The molecule has 4 nitrogen and oxygen atoms in total. The molecule has 0 amide bonds. The molecular formula is C33H39O4PS. The fourth-order valence-corrected chi connectivity index (χ4v) is 13.5. The van der Waals surface area contributed by atoms with Gasteiger partial charge in [0, 0.05) is 0 Å². The normalized spacial score (nSPS) is 17.7. The monoisotopic (exact) mass is 562 g/mol. The second-order valence-corrected chi connectivity index (χ2v) is 16.9. The number of rotatable bonds is 9. The molecule has 39 heavy (non-hydrogen) atoms. The number of benzene rings is 3. The summed E-state index contributed by atoms with van der Waals surface area (Å²) in [5.41, 5.74) is 3.89. The van der Waals surface area contributed by atoms with Gasteiger partial charge in [0.15, 0.2) is 0 Å². The molecule has 0 spiro atoms. The third kappa shape index (κ3) is 5.88.